The van der Waals surface area contributed by atoms with E-state index in [-0.39, 0.29) is 33.9 Å². The van der Waals surface area contributed by atoms with Gasteiger partial charge in [-0.3, -0.25) is 4.21 Å². The molecule has 0 bridgehead atoms. The van der Waals surface area contributed by atoms with E-state index in [0.717, 1.165) is 50.6 Å². The highest BCUT2D eigenvalue weighted by Gasteiger charge is 2.30. The van der Waals surface area contributed by atoms with E-state index in [1.807, 2.05) is 24.5 Å². The minimum Gasteiger partial charge on any atom is -0.390 e. The number of aromatic nitrogens is 3. The summed E-state index contributed by atoms with van der Waals surface area (Å²) >= 11 is 0. The van der Waals surface area contributed by atoms with Crippen LogP contribution in [0, 0.1) is 18.7 Å². The van der Waals surface area contributed by atoms with Gasteiger partial charge in [0.25, 0.3) is 0 Å². The number of nitrogens with zero attached hydrogens (tertiary/aromatic N) is 6. The normalized spacial score (nSPS) is 17.8. The lowest BCUT2D eigenvalue weighted by atomic mass is 9.90. The predicted octanol–water partition coefficient (Wildman–Crippen LogP) is 5.53. The number of aliphatic imine (C=N–C) groups is 2. The van der Waals surface area contributed by atoms with Crippen molar-refractivity contribution in [2.45, 2.75) is 51.8 Å². The average molecular weight is 570 g/mol. The number of nitrogens with two attached hydrogens (primary N) is 1. The summed E-state index contributed by atoms with van der Waals surface area (Å²) in [5.41, 5.74) is 7.01. The number of aryl methyl sites for hydroxylation is 1. The highest BCUT2D eigenvalue weighted by atomic mass is 32.2. The number of piperidine rings is 1. The lowest BCUT2D eigenvalue weighted by Crippen LogP contribution is -2.36. The number of benzene rings is 1. The molecule has 40 heavy (non-hydrogen) atoms. The molecule has 0 amide bonds. The second-order valence-electron chi connectivity index (χ2n) is 10.3. The number of allylic oxidation sites excluding steroid dienone is 1. The van der Waals surface area contributed by atoms with Crippen molar-refractivity contribution in [3.63, 3.8) is 0 Å². The van der Waals surface area contributed by atoms with Crippen LogP contribution in [0.15, 0.2) is 52.5 Å². The van der Waals surface area contributed by atoms with E-state index in [1.54, 1.807) is 31.5 Å². The maximum atomic E-state index is 15.4. The molecule has 11 heteroatoms. The largest absolute Gasteiger partial charge is 0.390 e. The molecule has 4 rings (SSSR count). The van der Waals surface area contributed by atoms with Crippen molar-refractivity contribution in [3.05, 3.63) is 65.3 Å². The van der Waals surface area contributed by atoms with Crippen LogP contribution >= 0.6 is 0 Å². The van der Waals surface area contributed by atoms with Crippen molar-refractivity contribution in [2.24, 2.45) is 21.6 Å². The Hall–Kier alpha value is -3.31. The number of hydrogen-bond acceptors (Lipinski definition) is 6. The Morgan fingerprint density at radius 2 is 2.00 bits per heavy atom. The number of fused-ring (bicyclic) bond motifs is 1. The Balaban J connectivity index is 1.74. The van der Waals surface area contributed by atoms with Gasteiger partial charge < -0.3 is 15.2 Å². The molecule has 1 aromatic carbocycles. The Morgan fingerprint density at radius 3 is 2.58 bits per heavy atom. The molecule has 2 aromatic heterocycles. The van der Waals surface area contributed by atoms with E-state index in [2.05, 4.69) is 31.8 Å². The molecule has 1 unspecified atom stereocenters. The fraction of sp³-hybridized carbons (Fsp3) is 0.448. The van der Waals surface area contributed by atoms with E-state index >= 15 is 8.78 Å². The molecule has 0 spiro atoms. The van der Waals surface area contributed by atoms with E-state index < -0.39 is 22.4 Å². The smallest absolute Gasteiger partial charge is 0.167 e. The first-order chi connectivity index (χ1) is 19.1. The average Bonchev–Trinajstić information content (AvgIpc) is 3.28. The third-order valence-electron chi connectivity index (χ3n) is 7.41. The van der Waals surface area contributed by atoms with E-state index in [4.69, 9.17) is 5.73 Å². The second kappa shape index (κ2) is 12.9. The predicted molar refractivity (Wildman–Crippen MR) is 159 cm³/mol. The minimum atomic E-state index is -1.08. The van der Waals surface area contributed by atoms with Crippen LogP contribution in [0.1, 0.15) is 61.9 Å². The van der Waals surface area contributed by atoms with Crippen LogP contribution in [0.2, 0.25) is 0 Å². The van der Waals surface area contributed by atoms with Crippen LogP contribution in [0.3, 0.4) is 0 Å². The van der Waals surface area contributed by atoms with Gasteiger partial charge in [-0.25, -0.2) is 28.7 Å². The molecule has 1 saturated heterocycles. The quantitative estimate of drug-likeness (QED) is 0.270. The number of hydrogen-bond donors (Lipinski definition) is 1. The number of imidazole rings is 1. The van der Waals surface area contributed by atoms with Crippen molar-refractivity contribution in [2.75, 3.05) is 25.9 Å². The van der Waals surface area contributed by atoms with Crippen LogP contribution < -0.4 is 5.73 Å². The second-order valence-corrected chi connectivity index (χ2v) is 11.8. The highest BCUT2D eigenvalue weighted by Crippen LogP contribution is 2.35. The lowest BCUT2D eigenvalue weighted by molar-refractivity contribution is 0.189. The van der Waals surface area contributed by atoms with Crippen LogP contribution in [0.5, 0.6) is 0 Å². The third kappa shape index (κ3) is 6.36. The summed E-state index contributed by atoms with van der Waals surface area (Å²) in [6, 6.07) is 6.42. The van der Waals surface area contributed by atoms with Crippen LogP contribution in [0.4, 0.5) is 14.6 Å². The third-order valence-corrected chi connectivity index (χ3v) is 8.78. The molecular weight excluding hydrogens is 532 g/mol. The number of likely N-dealkylation sites (tertiary alicyclic amines) is 1. The van der Waals surface area contributed by atoms with Crippen molar-refractivity contribution >= 4 is 39.7 Å². The molecule has 1 fully saturated rings. The maximum Gasteiger partial charge on any atom is 0.167 e. The van der Waals surface area contributed by atoms with Crippen molar-refractivity contribution < 1.29 is 13.0 Å². The first kappa shape index (κ1) is 29.7. The summed E-state index contributed by atoms with van der Waals surface area (Å²) in [5.74, 6) is -0.200. The molecular formula is C29H37F2N7OS. The standard InChI is InChI=1S/C29H37F2N7OS/c1-6-37-11-9-20(10-12-37)29(40(5)39)21-7-8-26(34-15-21)36-27(24(31)16-33-17-32)22-13-23(30)28-25(14-22)38(18(2)3)19(4)35-28/h7-8,13-18,20,29H,6,9-12H2,1-5H3,(H2,32,33)/b24-16+,36-27?/t29-,40?/m0/s1. The van der Waals surface area contributed by atoms with Crippen LogP contribution in [0.25, 0.3) is 11.0 Å². The molecule has 1 aliphatic rings. The van der Waals surface area contributed by atoms with Crippen molar-refractivity contribution in [3.8, 4) is 0 Å². The highest BCUT2D eigenvalue weighted by molar-refractivity contribution is 7.84. The van der Waals surface area contributed by atoms with E-state index in [1.165, 1.54) is 6.07 Å². The zero-order valence-corrected chi connectivity index (χ0v) is 24.5. The molecule has 8 nitrogen and oxygen atoms in total. The van der Waals surface area contributed by atoms with E-state index in [9.17, 15) is 4.21 Å². The molecule has 3 aromatic rings. The van der Waals surface area contributed by atoms with E-state index in [0.29, 0.717) is 17.3 Å². The molecule has 2 N–H and O–H groups in total. The molecule has 0 aliphatic carbocycles. The maximum absolute atomic E-state index is 15.4. The van der Waals surface area contributed by atoms with Crippen LogP contribution in [-0.4, -0.2) is 61.6 Å². The van der Waals surface area contributed by atoms with Gasteiger partial charge in [0.05, 0.1) is 23.3 Å². The number of pyridine rings is 1. The summed E-state index contributed by atoms with van der Waals surface area (Å²) < 4.78 is 45.2. The SMILES string of the molecule is CCN1CCC([C@@H](c2ccc(N=C(/C(F)=C\N=CN)c3cc(F)c4nc(C)n(C(C)C)c4c3)nc2)S(C)=O)CC1. The molecule has 0 radical (unpaired) electrons. The zero-order valence-electron chi connectivity index (χ0n) is 23.6. The van der Waals surface area contributed by atoms with Gasteiger partial charge in [0.2, 0.25) is 0 Å². The van der Waals surface area contributed by atoms with Crippen molar-refractivity contribution in [1.29, 1.82) is 0 Å². The number of rotatable bonds is 9. The Morgan fingerprint density at radius 1 is 1.27 bits per heavy atom. The van der Waals surface area contributed by atoms with Gasteiger partial charge in [0, 0.05) is 34.9 Å². The van der Waals surface area contributed by atoms with Crippen molar-refractivity contribution in [1.82, 2.24) is 19.4 Å². The van der Waals surface area contributed by atoms with Gasteiger partial charge in [0.1, 0.15) is 17.1 Å². The molecule has 1 aliphatic heterocycles. The summed E-state index contributed by atoms with van der Waals surface area (Å²) in [5, 5.41) is -0.143. The van der Waals surface area contributed by atoms with Gasteiger partial charge in [-0.05, 0) is 82.9 Å². The van der Waals surface area contributed by atoms with Gasteiger partial charge in [-0.15, -0.1) is 0 Å². The van der Waals surface area contributed by atoms with Gasteiger partial charge in [0.15, 0.2) is 17.5 Å². The van der Waals surface area contributed by atoms with Crippen LogP contribution in [-0.2, 0) is 10.8 Å². The fourth-order valence-electron chi connectivity index (χ4n) is 5.54. The topological polar surface area (TPSA) is 102 Å². The monoisotopic (exact) mass is 569 g/mol. The molecule has 3 heterocycles. The zero-order chi connectivity index (χ0) is 29.0. The molecule has 2 atom stereocenters. The summed E-state index contributed by atoms with van der Waals surface area (Å²) in [6.45, 7) is 10.9. The Kier molecular flexibility index (Phi) is 9.57. The number of halogens is 2. The van der Waals surface area contributed by atoms with Gasteiger partial charge >= 0.3 is 0 Å². The summed E-state index contributed by atoms with van der Waals surface area (Å²) in [4.78, 5) is 19.4. The first-order valence-electron chi connectivity index (χ1n) is 13.5. The van der Waals surface area contributed by atoms with Gasteiger partial charge in [-0.1, -0.05) is 13.0 Å². The Labute approximate surface area is 236 Å². The fourth-order valence-corrected chi connectivity index (χ4v) is 6.87. The van der Waals surface area contributed by atoms with Gasteiger partial charge in [-0.2, -0.15) is 0 Å². The summed E-state index contributed by atoms with van der Waals surface area (Å²) in [7, 11) is -1.08. The molecule has 214 valence electrons. The first-order valence-corrected chi connectivity index (χ1v) is 15.1. The molecule has 0 saturated carbocycles. The minimum absolute atomic E-state index is 0.0164. The lowest BCUT2D eigenvalue weighted by Gasteiger charge is -2.34. The summed E-state index contributed by atoms with van der Waals surface area (Å²) in [6.07, 6.45) is 7.23. The Bertz CT molecular complexity index is 1460.